The zero-order chi connectivity index (χ0) is 10.6. The van der Waals surface area contributed by atoms with Gasteiger partial charge < -0.3 is 5.32 Å². The lowest BCUT2D eigenvalue weighted by molar-refractivity contribution is 0.594. The van der Waals surface area contributed by atoms with Crippen molar-refractivity contribution in [1.29, 1.82) is 0 Å². The van der Waals surface area contributed by atoms with E-state index in [1.165, 1.54) is 12.1 Å². The molecule has 0 fully saturated rings. The minimum Gasteiger partial charge on any atom is -0.383 e. The fourth-order valence-corrected chi connectivity index (χ4v) is 1.18. The average Bonchev–Trinajstić information content (AvgIpc) is 2.14. The summed E-state index contributed by atoms with van der Waals surface area (Å²) in [6.07, 6.45) is 1.98. The molecule has 0 aliphatic heterocycles. The highest BCUT2D eigenvalue weighted by molar-refractivity contribution is 5.46. The third-order valence-electron chi connectivity index (χ3n) is 2.09. The van der Waals surface area contributed by atoms with Crippen LogP contribution in [0.25, 0.3) is 0 Å². The number of nitrogens with one attached hydrogen (secondary N) is 1. The Morgan fingerprint density at radius 1 is 1.21 bits per heavy atom. The molecule has 78 valence electrons. The molecule has 1 N–H and O–H groups in total. The van der Waals surface area contributed by atoms with E-state index in [4.69, 9.17) is 0 Å². The van der Waals surface area contributed by atoms with E-state index >= 15 is 0 Å². The minimum atomic E-state index is -0.389. The Bertz CT molecular complexity index is 310. The molecule has 0 aliphatic rings. The standard InChI is InChI=1S/C11H15F2N/c1-3-4-5-14-11-7-9(12)8(2)6-10(11)13/h6-7,14H,3-5H2,1-2H3. The van der Waals surface area contributed by atoms with Crippen molar-refractivity contribution >= 4 is 5.69 Å². The quantitative estimate of drug-likeness (QED) is 0.732. The smallest absolute Gasteiger partial charge is 0.146 e. The monoisotopic (exact) mass is 199 g/mol. The molecule has 0 aliphatic carbocycles. The van der Waals surface area contributed by atoms with Crippen molar-refractivity contribution in [3.8, 4) is 0 Å². The van der Waals surface area contributed by atoms with E-state index in [0.717, 1.165) is 12.8 Å². The van der Waals surface area contributed by atoms with E-state index in [1.807, 2.05) is 6.92 Å². The van der Waals surface area contributed by atoms with Crippen molar-refractivity contribution in [2.24, 2.45) is 0 Å². The maximum Gasteiger partial charge on any atom is 0.146 e. The molecule has 0 aromatic heterocycles. The molecule has 1 nitrogen and oxygen atoms in total. The lowest BCUT2D eigenvalue weighted by Gasteiger charge is -2.07. The van der Waals surface area contributed by atoms with Crippen LogP contribution in [-0.2, 0) is 0 Å². The second-order valence-electron chi connectivity index (χ2n) is 3.36. The number of rotatable bonds is 4. The third-order valence-corrected chi connectivity index (χ3v) is 2.09. The molecule has 0 bridgehead atoms. The molecule has 0 saturated heterocycles. The molecule has 0 heterocycles. The predicted molar refractivity (Wildman–Crippen MR) is 54.5 cm³/mol. The fourth-order valence-electron chi connectivity index (χ4n) is 1.18. The van der Waals surface area contributed by atoms with E-state index in [0.29, 0.717) is 12.1 Å². The van der Waals surface area contributed by atoms with Gasteiger partial charge in [-0.2, -0.15) is 0 Å². The summed E-state index contributed by atoms with van der Waals surface area (Å²) < 4.78 is 26.3. The normalized spacial score (nSPS) is 10.3. The summed E-state index contributed by atoms with van der Waals surface area (Å²) in [5.41, 5.74) is 0.588. The van der Waals surface area contributed by atoms with Crippen LogP contribution in [-0.4, -0.2) is 6.54 Å². The summed E-state index contributed by atoms with van der Waals surface area (Å²) in [6, 6.07) is 2.42. The number of anilines is 1. The summed E-state index contributed by atoms with van der Waals surface area (Å²) >= 11 is 0. The number of aryl methyl sites for hydroxylation is 1. The molecular formula is C11H15F2N. The number of halogens is 2. The Hall–Kier alpha value is -1.12. The van der Waals surface area contributed by atoms with Gasteiger partial charge in [-0.1, -0.05) is 13.3 Å². The van der Waals surface area contributed by atoms with E-state index in [1.54, 1.807) is 6.92 Å². The minimum absolute atomic E-state index is 0.251. The topological polar surface area (TPSA) is 12.0 Å². The molecule has 0 radical (unpaired) electrons. The van der Waals surface area contributed by atoms with Gasteiger partial charge in [-0.05, 0) is 25.0 Å². The van der Waals surface area contributed by atoms with Crippen molar-refractivity contribution in [2.75, 3.05) is 11.9 Å². The highest BCUT2D eigenvalue weighted by Gasteiger charge is 2.05. The van der Waals surface area contributed by atoms with Gasteiger partial charge in [0.1, 0.15) is 11.6 Å². The van der Waals surface area contributed by atoms with Crippen molar-refractivity contribution in [1.82, 2.24) is 0 Å². The first-order valence-corrected chi connectivity index (χ1v) is 4.84. The van der Waals surface area contributed by atoms with Crippen LogP contribution in [0.2, 0.25) is 0 Å². The van der Waals surface area contributed by atoms with Gasteiger partial charge in [0.2, 0.25) is 0 Å². The second-order valence-corrected chi connectivity index (χ2v) is 3.36. The molecule has 0 saturated carbocycles. The van der Waals surface area contributed by atoms with Gasteiger partial charge in [-0.3, -0.25) is 0 Å². The highest BCUT2D eigenvalue weighted by atomic mass is 19.1. The Labute approximate surface area is 83.1 Å². The Kier molecular flexibility index (Phi) is 3.86. The van der Waals surface area contributed by atoms with Crippen LogP contribution in [0.4, 0.5) is 14.5 Å². The zero-order valence-corrected chi connectivity index (χ0v) is 8.53. The van der Waals surface area contributed by atoms with Crippen molar-refractivity contribution in [2.45, 2.75) is 26.7 Å². The first kappa shape index (κ1) is 11.0. The van der Waals surface area contributed by atoms with Crippen LogP contribution >= 0.6 is 0 Å². The highest BCUT2D eigenvalue weighted by Crippen LogP contribution is 2.18. The van der Waals surface area contributed by atoms with Gasteiger partial charge in [0, 0.05) is 12.6 Å². The number of hydrogen-bond donors (Lipinski definition) is 1. The molecular weight excluding hydrogens is 184 g/mol. The molecule has 0 spiro atoms. The van der Waals surface area contributed by atoms with Crippen LogP contribution < -0.4 is 5.32 Å². The van der Waals surface area contributed by atoms with E-state index < -0.39 is 0 Å². The van der Waals surface area contributed by atoms with Gasteiger partial charge in [-0.15, -0.1) is 0 Å². The average molecular weight is 199 g/mol. The van der Waals surface area contributed by atoms with Gasteiger partial charge in [0.25, 0.3) is 0 Å². The summed E-state index contributed by atoms with van der Waals surface area (Å²) in [4.78, 5) is 0. The summed E-state index contributed by atoms with van der Waals surface area (Å²) in [6.45, 7) is 4.28. The molecule has 3 heteroatoms. The van der Waals surface area contributed by atoms with Crippen LogP contribution in [0.5, 0.6) is 0 Å². The number of benzene rings is 1. The molecule has 1 rings (SSSR count). The van der Waals surface area contributed by atoms with Crippen LogP contribution in [0.3, 0.4) is 0 Å². The molecule has 0 atom stereocenters. The first-order chi connectivity index (χ1) is 6.65. The fraction of sp³-hybridized carbons (Fsp3) is 0.455. The largest absolute Gasteiger partial charge is 0.383 e. The summed E-state index contributed by atoms with van der Waals surface area (Å²) in [5, 5.41) is 2.87. The van der Waals surface area contributed by atoms with Gasteiger partial charge in [-0.25, -0.2) is 8.78 Å². The number of hydrogen-bond acceptors (Lipinski definition) is 1. The second kappa shape index (κ2) is 4.94. The molecule has 0 amide bonds. The van der Waals surface area contributed by atoms with Crippen LogP contribution in [0.15, 0.2) is 12.1 Å². The lowest BCUT2D eigenvalue weighted by Crippen LogP contribution is -2.04. The molecule has 14 heavy (non-hydrogen) atoms. The lowest BCUT2D eigenvalue weighted by atomic mass is 10.2. The number of unbranched alkanes of at least 4 members (excludes halogenated alkanes) is 1. The Balaban J connectivity index is 2.72. The molecule has 0 unspecified atom stereocenters. The SMILES string of the molecule is CCCCNc1cc(F)c(C)cc1F. The Morgan fingerprint density at radius 2 is 1.93 bits per heavy atom. The van der Waals surface area contributed by atoms with Crippen molar-refractivity contribution in [3.63, 3.8) is 0 Å². The van der Waals surface area contributed by atoms with E-state index in [-0.39, 0.29) is 17.3 Å². The summed E-state index contributed by atoms with van der Waals surface area (Å²) in [7, 11) is 0. The molecule has 1 aromatic carbocycles. The van der Waals surface area contributed by atoms with Crippen molar-refractivity contribution < 1.29 is 8.78 Å². The van der Waals surface area contributed by atoms with Gasteiger partial charge in [0.05, 0.1) is 5.69 Å². The van der Waals surface area contributed by atoms with Crippen molar-refractivity contribution in [3.05, 3.63) is 29.3 Å². The zero-order valence-electron chi connectivity index (χ0n) is 8.53. The first-order valence-electron chi connectivity index (χ1n) is 4.84. The van der Waals surface area contributed by atoms with E-state index in [2.05, 4.69) is 5.32 Å². The Morgan fingerprint density at radius 3 is 2.57 bits per heavy atom. The van der Waals surface area contributed by atoms with E-state index in [9.17, 15) is 8.78 Å². The maximum absolute atomic E-state index is 13.2. The van der Waals surface area contributed by atoms with Crippen LogP contribution in [0.1, 0.15) is 25.3 Å². The summed E-state index contributed by atoms with van der Waals surface area (Å²) in [5.74, 6) is -0.759. The third kappa shape index (κ3) is 2.69. The predicted octanol–water partition coefficient (Wildman–Crippen LogP) is 3.49. The molecule has 1 aromatic rings. The van der Waals surface area contributed by atoms with Gasteiger partial charge >= 0.3 is 0 Å². The maximum atomic E-state index is 13.2. The van der Waals surface area contributed by atoms with Crippen LogP contribution in [0, 0.1) is 18.6 Å². The van der Waals surface area contributed by atoms with Gasteiger partial charge in [0.15, 0.2) is 0 Å².